The van der Waals surface area contributed by atoms with Crippen molar-refractivity contribution in [3.05, 3.63) is 95.4 Å². The van der Waals surface area contributed by atoms with Crippen molar-refractivity contribution in [1.82, 2.24) is 9.88 Å². The number of ether oxygens (including phenoxy) is 1. The number of imide groups is 1. The Morgan fingerprint density at radius 1 is 0.969 bits per heavy atom. The zero-order valence-electron chi connectivity index (χ0n) is 18.3. The van der Waals surface area contributed by atoms with Gasteiger partial charge in [0, 0.05) is 11.9 Å². The number of hydrogen-bond donors (Lipinski definition) is 1. The second-order valence-electron chi connectivity index (χ2n) is 7.95. The van der Waals surface area contributed by atoms with E-state index in [9.17, 15) is 9.59 Å². The Hall–Kier alpha value is -3.93. The maximum Gasteiger partial charge on any atom is 0.278 e. The number of carbonyl (C=O) groups is 2. The van der Waals surface area contributed by atoms with Crippen LogP contribution >= 0.6 is 0 Å². The molecule has 4 rings (SSSR count). The van der Waals surface area contributed by atoms with Gasteiger partial charge in [-0.2, -0.15) is 0 Å². The number of anilines is 1. The fourth-order valence-corrected chi connectivity index (χ4v) is 3.60. The van der Waals surface area contributed by atoms with Gasteiger partial charge in [-0.1, -0.05) is 30.3 Å². The average Bonchev–Trinajstić information content (AvgIpc) is 2.99. The number of rotatable bonds is 7. The Labute approximate surface area is 187 Å². The maximum absolute atomic E-state index is 13.4. The molecule has 0 bridgehead atoms. The molecule has 1 aliphatic rings. The highest BCUT2D eigenvalue weighted by Gasteiger charge is 2.39. The third-order valence-electron chi connectivity index (χ3n) is 5.02. The van der Waals surface area contributed by atoms with Crippen molar-refractivity contribution in [3.63, 3.8) is 0 Å². The molecule has 0 saturated heterocycles. The summed E-state index contributed by atoms with van der Waals surface area (Å²) >= 11 is 0. The van der Waals surface area contributed by atoms with E-state index < -0.39 is 0 Å². The van der Waals surface area contributed by atoms with E-state index in [0.717, 1.165) is 11.3 Å². The first-order valence-corrected chi connectivity index (χ1v) is 10.5. The second-order valence-corrected chi connectivity index (χ2v) is 7.95. The van der Waals surface area contributed by atoms with Gasteiger partial charge in [-0.25, -0.2) is 0 Å². The summed E-state index contributed by atoms with van der Waals surface area (Å²) in [6.45, 7) is 5.99. The van der Waals surface area contributed by atoms with Crippen molar-refractivity contribution < 1.29 is 14.3 Å². The van der Waals surface area contributed by atoms with E-state index >= 15 is 0 Å². The fraction of sp³-hybridized carbons (Fsp3) is 0.192. The van der Waals surface area contributed by atoms with Gasteiger partial charge < -0.3 is 10.1 Å². The van der Waals surface area contributed by atoms with Gasteiger partial charge in [0.25, 0.3) is 11.8 Å². The minimum atomic E-state index is -0.375. The first-order chi connectivity index (χ1) is 15.4. The number of nitrogens with one attached hydrogen (secondary N) is 1. The molecule has 1 aliphatic heterocycles. The molecule has 0 unspecified atom stereocenters. The lowest BCUT2D eigenvalue weighted by Crippen LogP contribution is -2.32. The normalized spacial score (nSPS) is 13.8. The van der Waals surface area contributed by atoms with Crippen LogP contribution in [0, 0.1) is 6.92 Å². The molecule has 0 aliphatic carbocycles. The lowest BCUT2D eigenvalue weighted by atomic mass is 10.0. The van der Waals surface area contributed by atoms with Gasteiger partial charge in [0.05, 0.1) is 23.9 Å². The summed E-state index contributed by atoms with van der Waals surface area (Å²) in [6, 6.07) is 20.3. The number of amides is 2. The Morgan fingerprint density at radius 2 is 1.75 bits per heavy atom. The highest BCUT2D eigenvalue weighted by Crippen LogP contribution is 2.32. The van der Waals surface area contributed by atoms with Crippen molar-refractivity contribution in [3.8, 4) is 5.75 Å². The summed E-state index contributed by atoms with van der Waals surface area (Å²) in [7, 11) is 0. The number of carbonyl (C=O) groups excluding carboxylic acids is 2. The van der Waals surface area contributed by atoms with Crippen LogP contribution in [0.4, 0.5) is 5.69 Å². The maximum atomic E-state index is 13.4. The van der Waals surface area contributed by atoms with Crippen molar-refractivity contribution in [2.75, 3.05) is 5.32 Å². The van der Waals surface area contributed by atoms with Crippen LogP contribution in [0.25, 0.3) is 5.57 Å². The van der Waals surface area contributed by atoms with E-state index in [0.29, 0.717) is 22.6 Å². The Kier molecular flexibility index (Phi) is 6.03. The molecule has 32 heavy (non-hydrogen) atoms. The smallest absolute Gasteiger partial charge is 0.278 e. The zero-order valence-corrected chi connectivity index (χ0v) is 18.3. The molecule has 1 N–H and O–H groups in total. The quantitative estimate of drug-likeness (QED) is 0.559. The van der Waals surface area contributed by atoms with Gasteiger partial charge in [-0.15, -0.1) is 0 Å². The number of pyridine rings is 1. The molecule has 0 spiro atoms. The standard InChI is InChI=1S/C26H25N3O3/c1-17(2)32-22-12-10-19(11-13-22)23-24(28-20-9-6-7-18(3)15-20)26(31)29(25(23)30)16-21-8-4-5-14-27-21/h4-15,17,28H,16H2,1-3H3. The van der Waals surface area contributed by atoms with Gasteiger partial charge in [0.2, 0.25) is 0 Å². The first-order valence-electron chi connectivity index (χ1n) is 10.5. The van der Waals surface area contributed by atoms with Gasteiger partial charge in [-0.05, 0) is 68.3 Å². The SMILES string of the molecule is Cc1cccc(NC2=C(c3ccc(OC(C)C)cc3)C(=O)N(Cc3ccccn3)C2=O)c1. The minimum absolute atomic E-state index is 0.0437. The molecule has 2 aromatic carbocycles. The summed E-state index contributed by atoms with van der Waals surface area (Å²) in [5.41, 5.74) is 3.69. The third kappa shape index (κ3) is 4.54. The highest BCUT2D eigenvalue weighted by molar-refractivity contribution is 6.36. The predicted octanol–water partition coefficient (Wildman–Crippen LogP) is 4.57. The van der Waals surface area contributed by atoms with Crippen LogP contribution in [-0.2, 0) is 16.1 Å². The van der Waals surface area contributed by atoms with Crippen LogP contribution in [0.15, 0.2) is 78.6 Å². The summed E-state index contributed by atoms with van der Waals surface area (Å²) in [6.07, 6.45) is 1.69. The van der Waals surface area contributed by atoms with E-state index in [1.165, 1.54) is 4.90 Å². The van der Waals surface area contributed by atoms with Crippen LogP contribution in [0.3, 0.4) is 0 Å². The molecule has 2 heterocycles. The molecular formula is C26H25N3O3. The highest BCUT2D eigenvalue weighted by atomic mass is 16.5. The topological polar surface area (TPSA) is 71.5 Å². The minimum Gasteiger partial charge on any atom is -0.491 e. The molecule has 6 nitrogen and oxygen atoms in total. The molecule has 0 radical (unpaired) electrons. The molecule has 0 fully saturated rings. The molecule has 1 aromatic heterocycles. The van der Waals surface area contributed by atoms with Crippen molar-refractivity contribution in [2.24, 2.45) is 0 Å². The number of hydrogen-bond acceptors (Lipinski definition) is 5. The number of benzene rings is 2. The molecule has 162 valence electrons. The third-order valence-corrected chi connectivity index (χ3v) is 5.02. The van der Waals surface area contributed by atoms with E-state index in [-0.39, 0.29) is 30.2 Å². The van der Waals surface area contributed by atoms with E-state index in [1.54, 1.807) is 30.5 Å². The van der Waals surface area contributed by atoms with Crippen molar-refractivity contribution in [1.29, 1.82) is 0 Å². The van der Waals surface area contributed by atoms with Gasteiger partial charge in [-0.3, -0.25) is 19.5 Å². The van der Waals surface area contributed by atoms with Crippen molar-refractivity contribution in [2.45, 2.75) is 33.4 Å². The average molecular weight is 428 g/mol. The number of aryl methyl sites for hydroxylation is 1. The van der Waals surface area contributed by atoms with Crippen LogP contribution < -0.4 is 10.1 Å². The van der Waals surface area contributed by atoms with E-state index in [1.807, 2.05) is 63.2 Å². The fourth-order valence-electron chi connectivity index (χ4n) is 3.60. The van der Waals surface area contributed by atoms with Crippen LogP contribution in [0.2, 0.25) is 0 Å². The number of aromatic nitrogens is 1. The zero-order chi connectivity index (χ0) is 22.7. The van der Waals surface area contributed by atoms with Crippen molar-refractivity contribution >= 4 is 23.1 Å². The van der Waals surface area contributed by atoms with Crippen LogP contribution in [0.1, 0.15) is 30.7 Å². The number of nitrogens with zero attached hydrogens (tertiary/aromatic N) is 2. The van der Waals surface area contributed by atoms with Crippen LogP contribution in [0.5, 0.6) is 5.75 Å². The van der Waals surface area contributed by atoms with E-state index in [4.69, 9.17) is 4.74 Å². The molecule has 3 aromatic rings. The summed E-state index contributed by atoms with van der Waals surface area (Å²) in [5, 5.41) is 3.19. The lowest BCUT2D eigenvalue weighted by Gasteiger charge is -2.15. The lowest BCUT2D eigenvalue weighted by molar-refractivity contribution is -0.137. The second kappa shape index (κ2) is 9.06. The largest absolute Gasteiger partial charge is 0.491 e. The molecular weight excluding hydrogens is 402 g/mol. The first kappa shape index (κ1) is 21.3. The van der Waals surface area contributed by atoms with Gasteiger partial charge in [0.15, 0.2) is 0 Å². The Morgan fingerprint density at radius 3 is 2.41 bits per heavy atom. The van der Waals surface area contributed by atoms with Gasteiger partial charge in [0.1, 0.15) is 11.4 Å². The molecule has 0 atom stereocenters. The molecule has 0 saturated carbocycles. The van der Waals surface area contributed by atoms with E-state index in [2.05, 4.69) is 10.3 Å². The summed E-state index contributed by atoms with van der Waals surface area (Å²) in [4.78, 5) is 32.2. The summed E-state index contributed by atoms with van der Waals surface area (Å²) < 4.78 is 5.71. The predicted molar refractivity (Wildman–Crippen MR) is 124 cm³/mol. The molecule has 6 heteroatoms. The summed E-state index contributed by atoms with van der Waals surface area (Å²) in [5.74, 6) is -0.0207. The molecule has 2 amide bonds. The van der Waals surface area contributed by atoms with Gasteiger partial charge >= 0.3 is 0 Å². The Bertz CT molecular complexity index is 1170. The Balaban J connectivity index is 1.72. The van der Waals surface area contributed by atoms with Crippen LogP contribution in [-0.4, -0.2) is 27.8 Å². The monoisotopic (exact) mass is 427 g/mol.